The first-order valence-electron chi connectivity index (χ1n) is 7.27. The van der Waals surface area contributed by atoms with Crippen LogP contribution in [-0.2, 0) is 26.0 Å². The van der Waals surface area contributed by atoms with Crippen LogP contribution in [0, 0.1) is 0 Å². The highest BCUT2D eigenvalue weighted by atomic mass is 32.2. The van der Waals surface area contributed by atoms with E-state index in [1.54, 1.807) is 18.2 Å². The van der Waals surface area contributed by atoms with Crippen LogP contribution in [0.2, 0.25) is 0 Å². The number of ether oxygens (including phenoxy) is 1. The Hall–Kier alpha value is -1.44. The number of hydrogen-bond donors (Lipinski definition) is 1. The molecule has 7 heteroatoms. The van der Waals surface area contributed by atoms with Crippen molar-refractivity contribution in [1.82, 2.24) is 4.31 Å². The molecule has 1 atom stereocenters. The third-order valence-corrected chi connectivity index (χ3v) is 6.18. The van der Waals surface area contributed by atoms with E-state index >= 15 is 0 Å². The summed E-state index contributed by atoms with van der Waals surface area (Å²) in [5.41, 5.74) is 0.821. The van der Waals surface area contributed by atoms with Gasteiger partial charge in [0.15, 0.2) is 0 Å². The maximum Gasteiger partial charge on any atom is 0.243 e. The normalized spacial score (nSPS) is 24.9. The Kier molecular flexibility index (Phi) is 3.54. The van der Waals surface area contributed by atoms with Gasteiger partial charge >= 0.3 is 0 Å². The molecule has 0 bridgehead atoms. The lowest BCUT2D eigenvalue weighted by atomic mass is 10.1. The van der Waals surface area contributed by atoms with Crippen LogP contribution in [-0.4, -0.2) is 43.4 Å². The molecule has 6 nitrogen and oxygen atoms in total. The first kappa shape index (κ1) is 15.5. The van der Waals surface area contributed by atoms with Crippen molar-refractivity contribution >= 4 is 21.6 Å². The second-order valence-corrected chi connectivity index (χ2v) is 8.38. The fourth-order valence-corrected chi connectivity index (χ4v) is 4.76. The molecule has 0 aliphatic carbocycles. The van der Waals surface area contributed by atoms with Crippen LogP contribution in [0.1, 0.15) is 26.3 Å². The summed E-state index contributed by atoms with van der Waals surface area (Å²) in [5.74, 6) is -0.107. The van der Waals surface area contributed by atoms with Gasteiger partial charge in [-0.05, 0) is 44.5 Å². The minimum atomic E-state index is -3.63. The van der Waals surface area contributed by atoms with Crippen molar-refractivity contribution in [3.63, 3.8) is 0 Å². The molecular formula is C15H20N2O4S. The summed E-state index contributed by atoms with van der Waals surface area (Å²) < 4.78 is 33.1. The number of hydrogen-bond acceptors (Lipinski definition) is 4. The molecule has 22 heavy (non-hydrogen) atoms. The SMILES string of the molecule is CC1CN(S(=O)(=O)c2ccc3c(c2)CC(=O)N3)C(C)(C)CO1. The Morgan fingerprint density at radius 1 is 1.36 bits per heavy atom. The summed E-state index contributed by atoms with van der Waals surface area (Å²) in [6, 6.07) is 4.80. The topological polar surface area (TPSA) is 75.7 Å². The summed E-state index contributed by atoms with van der Waals surface area (Å²) in [6.45, 7) is 6.26. The molecule has 1 unspecified atom stereocenters. The minimum absolute atomic E-state index is 0.107. The van der Waals surface area contributed by atoms with Gasteiger partial charge in [0.25, 0.3) is 0 Å². The number of morpholine rings is 1. The van der Waals surface area contributed by atoms with Crippen molar-refractivity contribution in [2.75, 3.05) is 18.5 Å². The molecule has 120 valence electrons. The molecule has 1 aromatic rings. The third kappa shape index (κ3) is 2.53. The van der Waals surface area contributed by atoms with Gasteiger partial charge in [-0.3, -0.25) is 4.79 Å². The number of sulfonamides is 1. The first-order valence-corrected chi connectivity index (χ1v) is 8.71. The zero-order chi connectivity index (χ0) is 16.1. The minimum Gasteiger partial charge on any atom is -0.375 e. The summed E-state index contributed by atoms with van der Waals surface area (Å²) in [7, 11) is -3.63. The van der Waals surface area contributed by atoms with Crippen LogP contribution in [0.4, 0.5) is 5.69 Å². The van der Waals surface area contributed by atoms with Gasteiger partial charge in [-0.25, -0.2) is 8.42 Å². The first-order chi connectivity index (χ1) is 10.2. The zero-order valence-electron chi connectivity index (χ0n) is 12.9. The number of rotatable bonds is 2. The Bertz CT molecular complexity index is 727. The number of amides is 1. The van der Waals surface area contributed by atoms with Gasteiger partial charge in [0.1, 0.15) is 0 Å². The highest BCUT2D eigenvalue weighted by molar-refractivity contribution is 7.89. The van der Waals surface area contributed by atoms with Crippen LogP contribution in [0.3, 0.4) is 0 Å². The van der Waals surface area contributed by atoms with Crippen LogP contribution in [0.15, 0.2) is 23.1 Å². The van der Waals surface area contributed by atoms with Crippen LogP contribution in [0.5, 0.6) is 0 Å². The van der Waals surface area contributed by atoms with Crippen LogP contribution >= 0.6 is 0 Å². The molecule has 0 spiro atoms. The maximum absolute atomic E-state index is 13.0. The average Bonchev–Trinajstić information content (AvgIpc) is 2.80. The molecule has 2 heterocycles. The predicted octanol–water partition coefficient (Wildman–Crippen LogP) is 1.37. The molecule has 3 rings (SSSR count). The van der Waals surface area contributed by atoms with Gasteiger partial charge < -0.3 is 10.1 Å². The van der Waals surface area contributed by atoms with E-state index in [0.717, 1.165) is 5.56 Å². The van der Waals surface area contributed by atoms with Gasteiger partial charge in [0.05, 0.1) is 29.6 Å². The number of fused-ring (bicyclic) bond motifs is 1. The highest BCUT2D eigenvalue weighted by Gasteiger charge is 2.42. The molecule has 0 saturated carbocycles. The van der Waals surface area contributed by atoms with Crippen LogP contribution < -0.4 is 5.32 Å². The summed E-state index contributed by atoms with van der Waals surface area (Å²) in [4.78, 5) is 11.6. The van der Waals surface area contributed by atoms with Gasteiger partial charge in [-0.15, -0.1) is 0 Å². The van der Waals surface area contributed by atoms with Gasteiger partial charge in [0.2, 0.25) is 15.9 Å². The van der Waals surface area contributed by atoms with E-state index in [4.69, 9.17) is 4.74 Å². The number of nitrogens with zero attached hydrogens (tertiary/aromatic N) is 1. The molecule has 1 N–H and O–H groups in total. The highest BCUT2D eigenvalue weighted by Crippen LogP contribution is 2.32. The Labute approximate surface area is 130 Å². The van der Waals surface area contributed by atoms with Crippen molar-refractivity contribution in [2.45, 2.75) is 43.7 Å². The largest absolute Gasteiger partial charge is 0.375 e. The predicted molar refractivity (Wildman–Crippen MR) is 82.2 cm³/mol. The van der Waals surface area contributed by atoms with Crippen molar-refractivity contribution in [3.05, 3.63) is 23.8 Å². The number of carbonyl (C=O) groups is 1. The Morgan fingerprint density at radius 2 is 2.09 bits per heavy atom. The van der Waals surface area contributed by atoms with E-state index in [-0.39, 0.29) is 23.3 Å². The smallest absolute Gasteiger partial charge is 0.243 e. The summed E-state index contributed by atoms with van der Waals surface area (Å²) >= 11 is 0. The molecule has 2 aliphatic rings. The maximum atomic E-state index is 13.0. The number of carbonyl (C=O) groups excluding carboxylic acids is 1. The number of nitrogens with one attached hydrogen (secondary N) is 1. The second-order valence-electron chi connectivity index (χ2n) is 6.51. The van der Waals surface area contributed by atoms with E-state index < -0.39 is 15.6 Å². The van der Waals surface area contributed by atoms with E-state index in [2.05, 4.69) is 5.32 Å². The molecule has 1 saturated heterocycles. The molecule has 2 aliphatic heterocycles. The molecule has 1 aromatic carbocycles. The Morgan fingerprint density at radius 3 is 2.82 bits per heavy atom. The number of anilines is 1. The van der Waals surface area contributed by atoms with Crippen molar-refractivity contribution in [1.29, 1.82) is 0 Å². The molecule has 0 radical (unpaired) electrons. The molecule has 1 fully saturated rings. The summed E-state index contributed by atoms with van der Waals surface area (Å²) in [5, 5.41) is 2.71. The van der Waals surface area contributed by atoms with E-state index in [1.807, 2.05) is 20.8 Å². The average molecular weight is 324 g/mol. The van der Waals surface area contributed by atoms with Gasteiger partial charge in [-0.2, -0.15) is 4.31 Å². The standard InChI is InChI=1S/C15H20N2O4S/c1-10-8-17(15(2,3)9-21-10)22(19,20)12-4-5-13-11(6-12)7-14(18)16-13/h4-6,10H,7-9H2,1-3H3,(H,16,18). The fraction of sp³-hybridized carbons (Fsp3) is 0.533. The van der Waals surface area contributed by atoms with E-state index in [0.29, 0.717) is 18.8 Å². The van der Waals surface area contributed by atoms with Crippen LogP contribution in [0.25, 0.3) is 0 Å². The van der Waals surface area contributed by atoms with Crippen molar-refractivity contribution in [3.8, 4) is 0 Å². The summed E-state index contributed by atoms with van der Waals surface area (Å²) in [6.07, 6.45) is 0.0854. The van der Waals surface area contributed by atoms with Gasteiger partial charge in [-0.1, -0.05) is 0 Å². The Balaban J connectivity index is 1.99. The zero-order valence-corrected chi connectivity index (χ0v) is 13.7. The van der Waals surface area contributed by atoms with Gasteiger partial charge in [0, 0.05) is 12.2 Å². The number of benzene rings is 1. The quantitative estimate of drug-likeness (QED) is 0.891. The van der Waals surface area contributed by atoms with E-state index in [1.165, 1.54) is 4.31 Å². The lowest BCUT2D eigenvalue weighted by Crippen LogP contribution is -2.57. The lowest BCUT2D eigenvalue weighted by molar-refractivity contribution is -0.115. The molecule has 1 amide bonds. The van der Waals surface area contributed by atoms with Crippen molar-refractivity contribution in [2.24, 2.45) is 0 Å². The van der Waals surface area contributed by atoms with Crippen molar-refractivity contribution < 1.29 is 17.9 Å². The van der Waals surface area contributed by atoms with E-state index in [9.17, 15) is 13.2 Å². The lowest BCUT2D eigenvalue weighted by Gasteiger charge is -2.43. The third-order valence-electron chi connectivity index (χ3n) is 4.11. The monoisotopic (exact) mass is 324 g/mol. The second kappa shape index (κ2) is 5.04. The fourth-order valence-electron chi connectivity index (χ4n) is 2.87. The molecule has 0 aromatic heterocycles. The molecular weight excluding hydrogens is 304 g/mol.